The molecule has 25 heavy (non-hydrogen) atoms. The Hall–Kier alpha value is -2.96. The molecule has 0 aromatic carbocycles. The summed E-state index contributed by atoms with van der Waals surface area (Å²) >= 11 is 0. The smallest absolute Gasteiger partial charge is 0.270 e. The molecule has 3 aromatic heterocycles. The number of rotatable bonds is 6. The topological polar surface area (TPSA) is 108 Å². The van der Waals surface area contributed by atoms with Crippen molar-refractivity contribution >= 4 is 5.91 Å². The van der Waals surface area contributed by atoms with Crippen LogP contribution in [0.4, 0.5) is 0 Å². The van der Waals surface area contributed by atoms with E-state index in [9.17, 15) is 4.79 Å². The van der Waals surface area contributed by atoms with E-state index in [-0.39, 0.29) is 17.5 Å². The van der Waals surface area contributed by atoms with Gasteiger partial charge in [-0.2, -0.15) is 0 Å². The lowest BCUT2D eigenvalue weighted by Crippen LogP contribution is -2.10. The Kier molecular flexibility index (Phi) is 4.65. The molecule has 0 saturated heterocycles. The Morgan fingerprint density at radius 3 is 2.48 bits per heavy atom. The lowest BCUT2D eigenvalue weighted by atomic mass is 10.0. The molecule has 1 atom stereocenters. The second-order valence-electron chi connectivity index (χ2n) is 6.37. The van der Waals surface area contributed by atoms with E-state index in [0.29, 0.717) is 17.9 Å². The number of nitrogens with two attached hydrogens (primary N) is 1. The molecule has 0 spiro atoms. The van der Waals surface area contributed by atoms with Crippen LogP contribution < -0.4 is 5.73 Å². The zero-order chi connectivity index (χ0) is 18.0. The SMILES string of the molecule is CC(C)c1cc(-c2cccc(CC(C)c3cc(C(N)=O)no3)n2)no1. The predicted molar refractivity (Wildman–Crippen MR) is 91.0 cm³/mol. The average Bonchev–Trinajstić information content (AvgIpc) is 3.25. The van der Waals surface area contributed by atoms with Crippen molar-refractivity contribution in [1.82, 2.24) is 15.3 Å². The standard InChI is InChI=1S/C18H20N4O3/c1-10(2)16-8-14(21-24-16)13-6-4-5-12(20-13)7-11(3)17-9-15(18(19)23)22-25-17/h4-6,8-11H,7H2,1-3H3,(H2,19,23). The second-order valence-corrected chi connectivity index (χ2v) is 6.37. The van der Waals surface area contributed by atoms with E-state index in [1.54, 1.807) is 6.07 Å². The highest BCUT2D eigenvalue weighted by molar-refractivity contribution is 5.90. The molecule has 0 bridgehead atoms. The first kappa shape index (κ1) is 16.9. The summed E-state index contributed by atoms with van der Waals surface area (Å²) in [6, 6.07) is 9.26. The van der Waals surface area contributed by atoms with Crippen LogP contribution in [0.5, 0.6) is 0 Å². The van der Waals surface area contributed by atoms with Gasteiger partial charge in [0.25, 0.3) is 5.91 Å². The molecule has 3 aromatic rings. The third kappa shape index (κ3) is 3.76. The van der Waals surface area contributed by atoms with Gasteiger partial charge in [0.05, 0.1) is 5.69 Å². The highest BCUT2D eigenvalue weighted by atomic mass is 16.5. The number of aromatic nitrogens is 3. The molecule has 3 heterocycles. The van der Waals surface area contributed by atoms with E-state index in [0.717, 1.165) is 17.1 Å². The number of hydrogen-bond acceptors (Lipinski definition) is 6. The van der Waals surface area contributed by atoms with Crippen LogP contribution in [0.15, 0.2) is 39.4 Å². The zero-order valence-electron chi connectivity index (χ0n) is 14.4. The van der Waals surface area contributed by atoms with Gasteiger partial charge in [-0.3, -0.25) is 9.78 Å². The molecule has 1 amide bonds. The van der Waals surface area contributed by atoms with E-state index in [4.69, 9.17) is 14.8 Å². The van der Waals surface area contributed by atoms with E-state index < -0.39 is 5.91 Å². The number of amides is 1. The first-order valence-electron chi connectivity index (χ1n) is 8.13. The lowest BCUT2D eigenvalue weighted by Gasteiger charge is -2.07. The molecule has 0 radical (unpaired) electrons. The summed E-state index contributed by atoms with van der Waals surface area (Å²) in [5.74, 6) is 1.11. The van der Waals surface area contributed by atoms with Gasteiger partial charge >= 0.3 is 0 Å². The monoisotopic (exact) mass is 340 g/mol. The van der Waals surface area contributed by atoms with Crippen molar-refractivity contribution < 1.29 is 13.8 Å². The fourth-order valence-corrected chi connectivity index (χ4v) is 2.47. The van der Waals surface area contributed by atoms with E-state index >= 15 is 0 Å². The van der Waals surface area contributed by atoms with Crippen LogP contribution in [0.2, 0.25) is 0 Å². The van der Waals surface area contributed by atoms with Gasteiger partial charge in [-0.1, -0.05) is 37.2 Å². The fraction of sp³-hybridized carbons (Fsp3) is 0.333. The van der Waals surface area contributed by atoms with Crippen molar-refractivity contribution in [3.8, 4) is 11.4 Å². The van der Waals surface area contributed by atoms with Gasteiger partial charge in [0.15, 0.2) is 5.69 Å². The van der Waals surface area contributed by atoms with Gasteiger partial charge in [0, 0.05) is 29.7 Å². The Morgan fingerprint density at radius 2 is 1.84 bits per heavy atom. The van der Waals surface area contributed by atoms with Gasteiger partial charge in [-0.15, -0.1) is 0 Å². The van der Waals surface area contributed by atoms with Gasteiger partial charge < -0.3 is 14.8 Å². The van der Waals surface area contributed by atoms with Crippen LogP contribution in [0.25, 0.3) is 11.4 Å². The number of carbonyl (C=O) groups is 1. The van der Waals surface area contributed by atoms with Crippen LogP contribution in [0.3, 0.4) is 0 Å². The van der Waals surface area contributed by atoms with Crippen molar-refractivity contribution in [1.29, 1.82) is 0 Å². The molecule has 0 aliphatic rings. The highest BCUT2D eigenvalue weighted by Gasteiger charge is 2.17. The molecule has 2 N–H and O–H groups in total. The number of hydrogen-bond donors (Lipinski definition) is 1. The molecule has 0 aliphatic carbocycles. The minimum Gasteiger partial charge on any atom is -0.364 e. The minimum atomic E-state index is -0.602. The third-order valence-electron chi connectivity index (χ3n) is 3.95. The van der Waals surface area contributed by atoms with Gasteiger partial charge in [-0.05, 0) is 18.6 Å². The largest absolute Gasteiger partial charge is 0.364 e. The van der Waals surface area contributed by atoms with Crippen molar-refractivity contribution in [2.75, 3.05) is 0 Å². The van der Waals surface area contributed by atoms with Crippen molar-refractivity contribution in [3.05, 3.63) is 53.2 Å². The Labute approximate surface area is 145 Å². The van der Waals surface area contributed by atoms with Gasteiger partial charge in [-0.25, -0.2) is 0 Å². The maximum Gasteiger partial charge on any atom is 0.270 e. The van der Waals surface area contributed by atoms with Gasteiger partial charge in [0.1, 0.15) is 17.2 Å². The lowest BCUT2D eigenvalue weighted by molar-refractivity contribution is 0.0991. The molecule has 1 unspecified atom stereocenters. The van der Waals surface area contributed by atoms with Crippen LogP contribution in [0.1, 0.15) is 60.3 Å². The molecule has 130 valence electrons. The summed E-state index contributed by atoms with van der Waals surface area (Å²) in [6.45, 7) is 6.08. The third-order valence-corrected chi connectivity index (χ3v) is 3.95. The number of primary amides is 1. The summed E-state index contributed by atoms with van der Waals surface area (Å²) in [6.07, 6.45) is 0.635. The molecular formula is C18H20N4O3. The maximum absolute atomic E-state index is 11.1. The summed E-state index contributed by atoms with van der Waals surface area (Å²) in [5, 5.41) is 7.76. The molecule has 3 rings (SSSR count). The minimum absolute atomic E-state index is 0.00637. The second kappa shape index (κ2) is 6.88. The Balaban J connectivity index is 1.77. The van der Waals surface area contributed by atoms with Crippen molar-refractivity contribution in [2.24, 2.45) is 5.73 Å². The summed E-state index contributed by atoms with van der Waals surface area (Å²) in [5.41, 5.74) is 7.69. The molecule has 0 aliphatic heterocycles. The predicted octanol–water partition coefficient (Wildman–Crippen LogP) is 3.29. The normalized spacial score (nSPS) is 12.5. The average molecular weight is 340 g/mol. The van der Waals surface area contributed by atoms with Crippen LogP contribution in [-0.2, 0) is 6.42 Å². The number of nitrogens with zero attached hydrogens (tertiary/aromatic N) is 3. The fourth-order valence-electron chi connectivity index (χ4n) is 2.47. The Bertz CT molecular complexity index is 882. The summed E-state index contributed by atoms with van der Waals surface area (Å²) in [4.78, 5) is 15.8. The highest BCUT2D eigenvalue weighted by Crippen LogP contribution is 2.24. The molecule has 7 heteroatoms. The molecule has 0 fully saturated rings. The summed E-state index contributed by atoms with van der Waals surface area (Å²) < 4.78 is 10.5. The van der Waals surface area contributed by atoms with Crippen LogP contribution >= 0.6 is 0 Å². The maximum atomic E-state index is 11.1. The van der Waals surface area contributed by atoms with Crippen molar-refractivity contribution in [2.45, 2.75) is 39.0 Å². The van der Waals surface area contributed by atoms with E-state index in [1.165, 1.54) is 0 Å². The number of carbonyl (C=O) groups excluding carboxylic acids is 1. The molecular weight excluding hydrogens is 320 g/mol. The van der Waals surface area contributed by atoms with Crippen molar-refractivity contribution in [3.63, 3.8) is 0 Å². The van der Waals surface area contributed by atoms with E-state index in [2.05, 4.69) is 15.3 Å². The summed E-state index contributed by atoms with van der Waals surface area (Å²) in [7, 11) is 0. The van der Waals surface area contributed by atoms with Crippen LogP contribution in [0, 0.1) is 0 Å². The van der Waals surface area contributed by atoms with Crippen LogP contribution in [-0.4, -0.2) is 21.2 Å². The molecule has 0 saturated carbocycles. The van der Waals surface area contributed by atoms with E-state index in [1.807, 2.05) is 45.0 Å². The van der Waals surface area contributed by atoms with Gasteiger partial charge in [0.2, 0.25) is 0 Å². The first-order chi connectivity index (χ1) is 11.9. The number of pyridine rings is 1. The first-order valence-corrected chi connectivity index (χ1v) is 8.13. The Morgan fingerprint density at radius 1 is 1.08 bits per heavy atom. The zero-order valence-corrected chi connectivity index (χ0v) is 14.4. The molecule has 7 nitrogen and oxygen atoms in total. The quantitative estimate of drug-likeness (QED) is 0.737.